The van der Waals surface area contributed by atoms with Crippen molar-refractivity contribution in [2.45, 2.75) is 77.6 Å². The SMILES string of the molecule is CC1CCC2C(CCC3C2CCC2(C)C(c4ccncc4)CCC32)C1. The number of nitrogens with zero attached hydrogens (tertiary/aromatic N) is 1. The standard InChI is InChI=1S/C24H35N/c1-16-3-5-19-18(15-16)4-6-21-20(19)9-12-24(2)22(7-8-23(21)24)17-10-13-25-14-11-17/h10-11,13-14,16,18-23H,3-9,12,15H2,1-2H3. The van der Waals surface area contributed by atoms with Crippen molar-refractivity contribution >= 4 is 0 Å². The molecule has 8 atom stereocenters. The maximum absolute atomic E-state index is 4.26. The fourth-order valence-electron chi connectivity index (χ4n) is 8.23. The van der Waals surface area contributed by atoms with E-state index in [0.29, 0.717) is 5.41 Å². The molecule has 8 unspecified atom stereocenters. The second-order valence-corrected chi connectivity index (χ2v) is 10.3. The van der Waals surface area contributed by atoms with Crippen molar-refractivity contribution in [2.24, 2.45) is 40.9 Å². The minimum absolute atomic E-state index is 0.553. The van der Waals surface area contributed by atoms with Gasteiger partial charge in [-0.3, -0.25) is 4.98 Å². The lowest BCUT2D eigenvalue weighted by atomic mass is 9.49. The molecular formula is C24H35N. The molecule has 4 saturated carbocycles. The van der Waals surface area contributed by atoms with Crippen LogP contribution in [0.15, 0.2) is 24.5 Å². The van der Waals surface area contributed by atoms with Crippen LogP contribution in [0.4, 0.5) is 0 Å². The van der Waals surface area contributed by atoms with E-state index in [9.17, 15) is 0 Å². The van der Waals surface area contributed by atoms with Crippen molar-refractivity contribution < 1.29 is 0 Å². The van der Waals surface area contributed by atoms with Crippen LogP contribution in [0.25, 0.3) is 0 Å². The van der Waals surface area contributed by atoms with E-state index in [-0.39, 0.29) is 0 Å². The van der Waals surface area contributed by atoms with Crippen molar-refractivity contribution in [2.75, 3.05) is 0 Å². The molecule has 1 nitrogen and oxygen atoms in total. The fourth-order valence-corrected chi connectivity index (χ4v) is 8.23. The fraction of sp³-hybridized carbons (Fsp3) is 0.792. The summed E-state index contributed by atoms with van der Waals surface area (Å²) < 4.78 is 0. The number of fused-ring (bicyclic) bond motifs is 5. The molecule has 0 amide bonds. The molecule has 0 N–H and O–H groups in total. The highest BCUT2D eigenvalue weighted by Crippen LogP contribution is 2.66. The number of rotatable bonds is 1. The number of pyridine rings is 1. The van der Waals surface area contributed by atoms with E-state index in [0.717, 1.165) is 41.4 Å². The van der Waals surface area contributed by atoms with Crippen molar-refractivity contribution in [3.05, 3.63) is 30.1 Å². The Morgan fingerprint density at radius 2 is 1.68 bits per heavy atom. The first-order chi connectivity index (χ1) is 12.2. The van der Waals surface area contributed by atoms with Crippen LogP contribution in [0.5, 0.6) is 0 Å². The Morgan fingerprint density at radius 1 is 0.880 bits per heavy atom. The Bertz CT molecular complexity index is 610. The van der Waals surface area contributed by atoms with Gasteiger partial charge in [0.05, 0.1) is 0 Å². The third-order valence-electron chi connectivity index (χ3n) is 9.33. The zero-order valence-electron chi connectivity index (χ0n) is 16.2. The summed E-state index contributed by atoms with van der Waals surface area (Å²) in [5, 5.41) is 0. The van der Waals surface area contributed by atoms with E-state index in [1.54, 1.807) is 24.8 Å². The largest absolute Gasteiger partial charge is 0.265 e. The van der Waals surface area contributed by atoms with E-state index in [4.69, 9.17) is 0 Å². The predicted molar refractivity (Wildman–Crippen MR) is 103 cm³/mol. The molecule has 0 saturated heterocycles. The van der Waals surface area contributed by atoms with Crippen molar-refractivity contribution in [1.82, 2.24) is 4.98 Å². The predicted octanol–water partition coefficient (Wildman–Crippen LogP) is 6.45. The second-order valence-electron chi connectivity index (χ2n) is 10.3. The van der Waals surface area contributed by atoms with Gasteiger partial charge < -0.3 is 0 Å². The molecule has 0 bridgehead atoms. The normalized spacial score (nSPS) is 49.1. The van der Waals surface area contributed by atoms with Crippen LogP contribution in [0.1, 0.15) is 83.1 Å². The molecule has 1 heteroatoms. The lowest BCUT2D eigenvalue weighted by Gasteiger charge is -2.56. The minimum atomic E-state index is 0.553. The van der Waals surface area contributed by atoms with Gasteiger partial charge in [0.15, 0.2) is 0 Å². The molecule has 0 radical (unpaired) electrons. The molecule has 0 aliphatic heterocycles. The number of aromatic nitrogens is 1. The summed E-state index contributed by atoms with van der Waals surface area (Å²) in [5.74, 6) is 7.04. The van der Waals surface area contributed by atoms with E-state index < -0.39 is 0 Å². The highest BCUT2D eigenvalue weighted by atomic mass is 14.6. The smallest absolute Gasteiger partial charge is 0.0270 e. The molecule has 0 aromatic carbocycles. The maximum atomic E-state index is 4.26. The Balaban J connectivity index is 1.40. The number of hydrogen-bond acceptors (Lipinski definition) is 1. The lowest BCUT2D eigenvalue weighted by Crippen LogP contribution is -2.48. The van der Waals surface area contributed by atoms with E-state index >= 15 is 0 Å². The van der Waals surface area contributed by atoms with Crippen LogP contribution >= 0.6 is 0 Å². The zero-order valence-corrected chi connectivity index (χ0v) is 16.2. The van der Waals surface area contributed by atoms with Crippen LogP contribution in [-0.2, 0) is 0 Å². The molecule has 4 aliphatic carbocycles. The summed E-state index contributed by atoms with van der Waals surface area (Å²) in [5.41, 5.74) is 2.12. The van der Waals surface area contributed by atoms with Gasteiger partial charge in [0.1, 0.15) is 0 Å². The van der Waals surface area contributed by atoms with Gasteiger partial charge in [-0.2, -0.15) is 0 Å². The van der Waals surface area contributed by atoms with Gasteiger partial charge in [0.2, 0.25) is 0 Å². The van der Waals surface area contributed by atoms with Crippen LogP contribution < -0.4 is 0 Å². The maximum Gasteiger partial charge on any atom is 0.0270 e. The highest BCUT2D eigenvalue weighted by Gasteiger charge is 2.56. The van der Waals surface area contributed by atoms with Gasteiger partial charge in [-0.25, -0.2) is 0 Å². The first-order valence-electron chi connectivity index (χ1n) is 11.1. The topological polar surface area (TPSA) is 12.9 Å². The third-order valence-corrected chi connectivity index (χ3v) is 9.33. The Hall–Kier alpha value is -0.850. The van der Waals surface area contributed by atoms with E-state index in [1.165, 1.54) is 38.5 Å². The number of hydrogen-bond donors (Lipinski definition) is 0. The van der Waals surface area contributed by atoms with Crippen LogP contribution in [0.3, 0.4) is 0 Å². The van der Waals surface area contributed by atoms with Gasteiger partial charge in [-0.05, 0) is 116 Å². The Morgan fingerprint density at radius 3 is 2.52 bits per heavy atom. The van der Waals surface area contributed by atoms with Crippen LogP contribution in [0.2, 0.25) is 0 Å². The van der Waals surface area contributed by atoms with Gasteiger partial charge >= 0.3 is 0 Å². The van der Waals surface area contributed by atoms with Crippen LogP contribution in [0, 0.1) is 40.9 Å². The first-order valence-corrected chi connectivity index (χ1v) is 11.1. The molecule has 1 heterocycles. The molecule has 136 valence electrons. The average molecular weight is 338 g/mol. The second kappa shape index (κ2) is 6.10. The average Bonchev–Trinajstić information content (AvgIpc) is 2.99. The lowest BCUT2D eigenvalue weighted by molar-refractivity contribution is -0.0595. The molecule has 5 rings (SSSR count). The summed E-state index contributed by atoms with van der Waals surface area (Å²) in [6.07, 6.45) is 17.6. The Labute approximate surface area is 154 Å². The van der Waals surface area contributed by atoms with Gasteiger partial charge in [-0.1, -0.05) is 20.3 Å². The minimum Gasteiger partial charge on any atom is -0.265 e. The van der Waals surface area contributed by atoms with Crippen molar-refractivity contribution in [1.29, 1.82) is 0 Å². The summed E-state index contributed by atoms with van der Waals surface area (Å²) in [7, 11) is 0. The molecule has 1 aromatic rings. The third kappa shape index (κ3) is 2.52. The Kier molecular flexibility index (Phi) is 3.99. The van der Waals surface area contributed by atoms with E-state index in [1.807, 2.05) is 12.4 Å². The highest BCUT2D eigenvalue weighted by molar-refractivity contribution is 5.23. The summed E-state index contributed by atoms with van der Waals surface area (Å²) >= 11 is 0. The molecule has 4 aliphatic rings. The quantitative estimate of drug-likeness (QED) is 0.573. The van der Waals surface area contributed by atoms with Gasteiger partial charge in [0, 0.05) is 12.4 Å². The van der Waals surface area contributed by atoms with E-state index in [2.05, 4.69) is 31.0 Å². The molecule has 0 spiro atoms. The summed E-state index contributed by atoms with van der Waals surface area (Å²) in [4.78, 5) is 4.26. The summed E-state index contributed by atoms with van der Waals surface area (Å²) in [6, 6.07) is 4.59. The summed E-state index contributed by atoms with van der Waals surface area (Å²) in [6.45, 7) is 5.15. The molecule has 4 fully saturated rings. The van der Waals surface area contributed by atoms with Crippen molar-refractivity contribution in [3.8, 4) is 0 Å². The van der Waals surface area contributed by atoms with Crippen molar-refractivity contribution in [3.63, 3.8) is 0 Å². The monoisotopic (exact) mass is 337 g/mol. The van der Waals surface area contributed by atoms with Gasteiger partial charge in [-0.15, -0.1) is 0 Å². The molecule has 25 heavy (non-hydrogen) atoms. The first kappa shape index (κ1) is 16.3. The molecule has 1 aromatic heterocycles. The van der Waals surface area contributed by atoms with Crippen LogP contribution in [-0.4, -0.2) is 4.98 Å². The molecular weight excluding hydrogens is 302 g/mol. The van der Waals surface area contributed by atoms with Gasteiger partial charge in [0.25, 0.3) is 0 Å². The zero-order chi connectivity index (χ0) is 17.0.